The maximum Gasteiger partial charge on any atom is 0.220 e. The maximum absolute atomic E-state index is 6.10. The van der Waals surface area contributed by atoms with Crippen molar-refractivity contribution in [2.75, 3.05) is 34.4 Å². The zero-order chi connectivity index (χ0) is 39.8. The van der Waals surface area contributed by atoms with Gasteiger partial charge in [0.25, 0.3) is 0 Å². The van der Waals surface area contributed by atoms with Crippen LogP contribution in [-0.4, -0.2) is 4.98 Å². The second-order valence-electron chi connectivity index (χ2n) is 14.3. The summed E-state index contributed by atoms with van der Waals surface area (Å²) in [5, 5.41) is 8.10. The molecule has 0 unspecified atom stereocenters. The SMILES string of the molecule is CC[n+]1c(-c2ccccc2)c2cc(N)ccc2c2ccc(N)cc21.C[n+]1c2cc(N)ccc2cc2ccc(N)cc21.Nc1ccc2cc3ccc(N)cc3nc2c1.[Br-].[Cl-]. The Morgan fingerprint density at radius 1 is 0.441 bits per heavy atom. The second kappa shape index (κ2) is 17.3. The molecule has 0 saturated carbocycles. The molecule has 7 aromatic carbocycles. The molecule has 3 aromatic heterocycles. The van der Waals surface area contributed by atoms with Crippen molar-refractivity contribution in [2.24, 2.45) is 7.05 Å². The topological polar surface area (TPSA) is 177 Å². The lowest BCUT2D eigenvalue weighted by Gasteiger charge is -2.12. The maximum atomic E-state index is 6.10. The minimum Gasteiger partial charge on any atom is -1.00 e. The fraction of sp³-hybridized carbons (Fsp3) is 0.0625. The number of anilines is 6. The van der Waals surface area contributed by atoms with Gasteiger partial charge in [-0.25, -0.2) is 4.98 Å². The van der Waals surface area contributed by atoms with Crippen molar-refractivity contribution in [1.82, 2.24) is 4.98 Å². The number of nitrogens with zero attached hydrogens (tertiary/aromatic N) is 3. The lowest BCUT2D eigenvalue weighted by atomic mass is 9.98. The summed E-state index contributed by atoms with van der Waals surface area (Å²) in [6.07, 6.45) is 0. The molecule has 59 heavy (non-hydrogen) atoms. The first-order valence-corrected chi connectivity index (χ1v) is 18.8. The summed E-state index contributed by atoms with van der Waals surface area (Å²) >= 11 is 0. The van der Waals surface area contributed by atoms with Gasteiger partial charge in [-0.2, -0.15) is 9.13 Å². The highest BCUT2D eigenvalue weighted by Crippen LogP contribution is 2.33. The summed E-state index contributed by atoms with van der Waals surface area (Å²) in [5.74, 6) is 0. The van der Waals surface area contributed by atoms with Crippen LogP contribution in [-0.2, 0) is 13.6 Å². The van der Waals surface area contributed by atoms with Crippen LogP contribution in [0.25, 0.3) is 76.5 Å². The highest BCUT2D eigenvalue weighted by Gasteiger charge is 2.22. The third-order valence-corrected chi connectivity index (χ3v) is 10.3. The van der Waals surface area contributed by atoms with Crippen molar-refractivity contribution >= 4 is 99.4 Å². The van der Waals surface area contributed by atoms with Gasteiger partial charge in [-0.1, -0.05) is 36.4 Å². The molecular formula is C48H45BrClN9. The van der Waals surface area contributed by atoms with E-state index in [1.54, 1.807) is 0 Å². The Bertz CT molecular complexity index is 3040. The Hall–Kier alpha value is -6.88. The van der Waals surface area contributed by atoms with Gasteiger partial charge in [0, 0.05) is 84.8 Å². The summed E-state index contributed by atoms with van der Waals surface area (Å²) in [6, 6.07) is 50.3. The summed E-state index contributed by atoms with van der Waals surface area (Å²) < 4.78 is 4.44. The van der Waals surface area contributed by atoms with Gasteiger partial charge in [0.15, 0.2) is 0 Å². The van der Waals surface area contributed by atoms with Crippen LogP contribution in [0.5, 0.6) is 0 Å². The molecule has 0 fully saturated rings. The van der Waals surface area contributed by atoms with Crippen molar-refractivity contribution in [3.05, 3.63) is 152 Å². The number of benzene rings is 7. The molecule has 0 atom stereocenters. The van der Waals surface area contributed by atoms with Crippen LogP contribution in [0.3, 0.4) is 0 Å². The van der Waals surface area contributed by atoms with E-state index >= 15 is 0 Å². The lowest BCUT2D eigenvalue weighted by Crippen LogP contribution is -3.00. The van der Waals surface area contributed by atoms with Gasteiger partial charge >= 0.3 is 0 Å². The van der Waals surface area contributed by atoms with Gasteiger partial charge < -0.3 is 63.8 Å². The zero-order valence-corrected chi connectivity index (χ0v) is 35.0. The largest absolute Gasteiger partial charge is 1.00 e. The number of halogens is 2. The standard InChI is InChI=1S/C21H19N3.C14H13N3.C13H11N3.BrH.ClH/c1-2-24-20-13-16(23)9-11-18(20)17-10-8-15(22)12-19(17)21(24)14-6-4-3-5-7-14;1-17-13-7-11(15)4-2-9(13)6-10-3-5-12(16)8-14(10)17;14-10-3-1-8-5-9-2-4-11(15)7-13(9)16-12(8)6-10;;/h3-13,23H,2,22H2,1H3;2-8H,1H3,(H3,15,16);1-7H,14-15H2;2*1H. The number of nitrogens with two attached hydrogens (primary N) is 6. The molecule has 0 amide bonds. The average molecular weight is 863 g/mol. The number of pyridine rings is 3. The minimum atomic E-state index is 0. The molecule has 9 nitrogen and oxygen atoms in total. The van der Waals surface area contributed by atoms with Crippen molar-refractivity contribution in [3.63, 3.8) is 0 Å². The van der Waals surface area contributed by atoms with Crippen LogP contribution >= 0.6 is 0 Å². The van der Waals surface area contributed by atoms with E-state index in [4.69, 9.17) is 34.4 Å². The van der Waals surface area contributed by atoms with Gasteiger partial charge in [-0.15, -0.1) is 0 Å². The second-order valence-corrected chi connectivity index (χ2v) is 14.3. The molecule has 296 valence electrons. The Kier molecular flexibility index (Phi) is 12.3. The van der Waals surface area contributed by atoms with E-state index in [9.17, 15) is 0 Å². The predicted octanol–water partition coefficient (Wildman–Crippen LogP) is 2.67. The normalized spacial score (nSPS) is 10.7. The highest BCUT2D eigenvalue weighted by molar-refractivity contribution is 6.10. The van der Waals surface area contributed by atoms with Crippen LogP contribution in [0.1, 0.15) is 6.92 Å². The third kappa shape index (κ3) is 8.41. The first kappa shape index (κ1) is 41.7. The van der Waals surface area contributed by atoms with Crippen LogP contribution < -0.4 is 72.9 Å². The van der Waals surface area contributed by atoms with Gasteiger partial charge in [0.1, 0.15) is 13.6 Å². The first-order valence-electron chi connectivity index (χ1n) is 18.8. The molecule has 0 radical (unpaired) electrons. The number of rotatable bonds is 2. The monoisotopic (exact) mass is 861 g/mol. The first-order chi connectivity index (χ1) is 27.6. The molecule has 11 heteroatoms. The fourth-order valence-corrected chi connectivity index (χ4v) is 7.59. The zero-order valence-electron chi connectivity index (χ0n) is 32.7. The molecule has 0 saturated heterocycles. The summed E-state index contributed by atoms with van der Waals surface area (Å²) in [6.45, 7) is 3.02. The fourth-order valence-electron chi connectivity index (χ4n) is 7.59. The average Bonchev–Trinajstić information content (AvgIpc) is 3.21. The van der Waals surface area contributed by atoms with Crippen molar-refractivity contribution in [2.45, 2.75) is 13.5 Å². The highest BCUT2D eigenvalue weighted by atomic mass is 79.9. The van der Waals surface area contributed by atoms with E-state index in [1.165, 1.54) is 38.2 Å². The number of aryl methyl sites for hydroxylation is 2. The van der Waals surface area contributed by atoms with Gasteiger partial charge in [0.2, 0.25) is 22.2 Å². The van der Waals surface area contributed by atoms with E-state index < -0.39 is 0 Å². The van der Waals surface area contributed by atoms with E-state index in [-0.39, 0.29) is 29.4 Å². The molecule has 3 heterocycles. The van der Waals surface area contributed by atoms with Crippen LogP contribution in [0.4, 0.5) is 34.1 Å². The van der Waals surface area contributed by atoms with Crippen molar-refractivity contribution in [3.8, 4) is 11.3 Å². The van der Waals surface area contributed by atoms with E-state index in [1.807, 2.05) is 98.0 Å². The molecule has 0 spiro atoms. The Morgan fingerprint density at radius 3 is 1.39 bits per heavy atom. The molecule has 0 bridgehead atoms. The summed E-state index contributed by atoms with van der Waals surface area (Å²) in [5.41, 5.74) is 47.4. The van der Waals surface area contributed by atoms with Gasteiger partial charge in [-0.05, 0) is 104 Å². The Morgan fingerprint density at radius 2 is 0.864 bits per heavy atom. The van der Waals surface area contributed by atoms with E-state index in [0.29, 0.717) is 0 Å². The lowest BCUT2D eigenvalue weighted by molar-refractivity contribution is -0.655. The van der Waals surface area contributed by atoms with Crippen LogP contribution in [0, 0.1) is 0 Å². The molecule has 0 aliphatic heterocycles. The molecule has 10 aromatic rings. The quantitative estimate of drug-likeness (QED) is 0.0671. The number of hydrogen-bond acceptors (Lipinski definition) is 7. The number of hydrogen-bond donors (Lipinski definition) is 6. The molecule has 10 rings (SSSR count). The van der Waals surface area contributed by atoms with Crippen LogP contribution in [0.2, 0.25) is 0 Å². The third-order valence-electron chi connectivity index (χ3n) is 10.3. The van der Waals surface area contributed by atoms with Gasteiger partial charge in [-0.3, -0.25) is 0 Å². The van der Waals surface area contributed by atoms with Crippen LogP contribution in [0.15, 0.2) is 152 Å². The number of aromatic nitrogens is 3. The predicted molar refractivity (Wildman–Crippen MR) is 241 cm³/mol. The molecular weight excluding hydrogens is 818 g/mol. The molecule has 0 aliphatic carbocycles. The molecule has 12 N–H and O–H groups in total. The van der Waals surface area contributed by atoms with E-state index in [2.05, 4.69) is 81.7 Å². The van der Waals surface area contributed by atoms with Gasteiger partial charge in [0.05, 0.1) is 21.8 Å². The molecule has 0 aliphatic rings. The van der Waals surface area contributed by atoms with Crippen molar-refractivity contribution < 1.29 is 38.5 Å². The Labute approximate surface area is 359 Å². The van der Waals surface area contributed by atoms with E-state index in [0.717, 1.165) is 79.0 Å². The minimum absolute atomic E-state index is 0. The smallest absolute Gasteiger partial charge is 0.220 e. The summed E-state index contributed by atoms with van der Waals surface area (Å²) in [4.78, 5) is 4.54. The number of nitrogen functional groups attached to an aromatic ring is 6. The Balaban J connectivity index is 0.000000150. The summed E-state index contributed by atoms with van der Waals surface area (Å²) in [7, 11) is 2.03. The number of fused-ring (bicyclic) bond motifs is 7. The van der Waals surface area contributed by atoms with Crippen molar-refractivity contribution in [1.29, 1.82) is 0 Å².